The summed E-state index contributed by atoms with van der Waals surface area (Å²) in [6, 6.07) is 10.5. The van der Waals surface area contributed by atoms with Gasteiger partial charge in [0.2, 0.25) is 5.78 Å². The van der Waals surface area contributed by atoms with E-state index in [1.54, 1.807) is 0 Å². The molecule has 0 aliphatic carbocycles. The second kappa shape index (κ2) is 18.5. The summed E-state index contributed by atoms with van der Waals surface area (Å²) >= 11 is 0. The van der Waals surface area contributed by atoms with Gasteiger partial charge in [0.25, 0.3) is 5.91 Å². The Bertz CT molecular complexity index is 1800. The minimum absolute atomic E-state index is 0.0132. The molecule has 276 valence electrons. The van der Waals surface area contributed by atoms with E-state index in [2.05, 4.69) is 10.6 Å². The fourth-order valence-corrected chi connectivity index (χ4v) is 5.56. The highest BCUT2D eigenvalue weighted by Crippen LogP contribution is 2.36. The van der Waals surface area contributed by atoms with Gasteiger partial charge in [-0.25, -0.2) is 9.59 Å². The minimum atomic E-state index is -1.53. The number of phenols is 2. The average Bonchev–Trinajstić information content (AvgIpc) is 3.53. The summed E-state index contributed by atoms with van der Waals surface area (Å²) in [7, 11) is 0. The number of carboxylic acids is 1. The van der Waals surface area contributed by atoms with Crippen molar-refractivity contribution in [3.8, 4) is 23.0 Å². The summed E-state index contributed by atoms with van der Waals surface area (Å²) < 4.78 is 16.6. The topological polar surface area (TPSA) is 215 Å². The third kappa shape index (κ3) is 10.2. The summed E-state index contributed by atoms with van der Waals surface area (Å²) in [6.07, 6.45) is 3.15. The van der Waals surface area contributed by atoms with Crippen LogP contribution < -0.4 is 20.1 Å². The molecule has 0 spiro atoms. The van der Waals surface area contributed by atoms with Crippen molar-refractivity contribution in [3.05, 3.63) is 82.4 Å². The lowest BCUT2D eigenvalue weighted by Gasteiger charge is -2.21. The molecule has 0 saturated carbocycles. The Morgan fingerprint density at radius 2 is 1.40 bits per heavy atom. The number of nitrogens with one attached hydrogen (secondary N) is 2. The molecule has 1 heterocycles. The molecule has 2 atom stereocenters. The van der Waals surface area contributed by atoms with E-state index in [4.69, 9.17) is 14.2 Å². The number of aromatic carboxylic acids is 1. The molecule has 5 N–H and O–H groups in total. The standard InChI is InChI=1S/C38H42N2O12/c1-3-5-7-12-31(43)50-28-11-9-10-25(37(47)48)33(28)35(45)34-27(42)18-23(19-29(34)51-32(44)13-8-6-4-2)38(49)52-30-21-39-20-26(30)40-36(46)22-14-16-24(41)17-15-22/h9-11,14-19,26,30,39,41-42H,3-8,12-13,20-21H2,1-2H3,(H,40,46)(H,47,48)/t26-,30-/m0/s1. The summed E-state index contributed by atoms with van der Waals surface area (Å²) in [5.74, 6) is -7.36. The summed E-state index contributed by atoms with van der Waals surface area (Å²) in [6.45, 7) is 4.32. The van der Waals surface area contributed by atoms with E-state index >= 15 is 0 Å². The van der Waals surface area contributed by atoms with Crippen LogP contribution in [-0.4, -0.2) is 76.1 Å². The molecule has 1 saturated heterocycles. The second-order valence-electron chi connectivity index (χ2n) is 12.3. The van der Waals surface area contributed by atoms with Gasteiger partial charge in [0.15, 0.2) is 0 Å². The number of benzene rings is 3. The number of ether oxygens (including phenoxy) is 3. The highest BCUT2D eigenvalue weighted by Gasteiger charge is 2.34. The van der Waals surface area contributed by atoms with Crippen LogP contribution in [-0.2, 0) is 14.3 Å². The van der Waals surface area contributed by atoms with Crippen molar-refractivity contribution in [2.75, 3.05) is 13.1 Å². The molecule has 3 aromatic carbocycles. The summed E-state index contributed by atoms with van der Waals surface area (Å²) in [5, 5.41) is 36.5. The van der Waals surface area contributed by atoms with Crippen molar-refractivity contribution in [1.29, 1.82) is 0 Å². The fourth-order valence-electron chi connectivity index (χ4n) is 5.56. The zero-order chi connectivity index (χ0) is 37.8. The largest absolute Gasteiger partial charge is 0.508 e. The van der Waals surface area contributed by atoms with E-state index in [1.807, 2.05) is 13.8 Å². The molecule has 4 rings (SSSR count). The Hall–Kier alpha value is -5.76. The van der Waals surface area contributed by atoms with Crippen LogP contribution in [0.5, 0.6) is 23.0 Å². The van der Waals surface area contributed by atoms with Crippen LogP contribution in [0.2, 0.25) is 0 Å². The third-order valence-electron chi connectivity index (χ3n) is 8.31. The molecule has 0 bridgehead atoms. The molecule has 0 aromatic heterocycles. The first kappa shape index (κ1) is 39.0. The molecule has 0 unspecified atom stereocenters. The van der Waals surface area contributed by atoms with Crippen LogP contribution >= 0.6 is 0 Å². The molecule has 52 heavy (non-hydrogen) atoms. The lowest BCUT2D eigenvalue weighted by molar-refractivity contribution is -0.135. The number of unbranched alkanes of at least 4 members (excludes halogenated alkanes) is 4. The zero-order valence-electron chi connectivity index (χ0n) is 28.9. The first-order valence-electron chi connectivity index (χ1n) is 17.1. The Labute approximate surface area is 300 Å². The lowest BCUT2D eigenvalue weighted by Crippen LogP contribution is -2.44. The Kier molecular flexibility index (Phi) is 13.9. The van der Waals surface area contributed by atoms with E-state index in [-0.39, 0.29) is 48.6 Å². The first-order chi connectivity index (χ1) is 24.9. The predicted octanol–water partition coefficient (Wildman–Crippen LogP) is 4.93. The van der Waals surface area contributed by atoms with Gasteiger partial charge in [-0.1, -0.05) is 45.6 Å². The Morgan fingerprint density at radius 1 is 0.769 bits per heavy atom. The molecule has 0 radical (unpaired) electrons. The van der Waals surface area contributed by atoms with Crippen LogP contribution in [0.15, 0.2) is 54.6 Å². The van der Waals surface area contributed by atoms with Crippen molar-refractivity contribution in [3.63, 3.8) is 0 Å². The van der Waals surface area contributed by atoms with Crippen LogP contribution in [0, 0.1) is 0 Å². The molecule has 14 nitrogen and oxygen atoms in total. The number of phenolic OH excluding ortho intramolecular Hbond substituents is 2. The average molecular weight is 719 g/mol. The number of carboxylic acid groups (broad SMARTS) is 1. The van der Waals surface area contributed by atoms with Gasteiger partial charge in [-0.05, 0) is 61.4 Å². The Morgan fingerprint density at radius 3 is 2.02 bits per heavy atom. The molecular formula is C38H42N2O12. The SMILES string of the molecule is CCCCCC(=O)Oc1cc(C(=O)O[C@H]2CNC[C@@H]2NC(=O)c2ccc(O)cc2)cc(O)c1C(=O)c1c(OC(=O)CCCCC)cccc1C(=O)O. The van der Waals surface area contributed by atoms with Crippen LogP contribution in [0.4, 0.5) is 0 Å². The molecule has 1 aliphatic heterocycles. The van der Waals surface area contributed by atoms with Crippen molar-refractivity contribution in [1.82, 2.24) is 10.6 Å². The van der Waals surface area contributed by atoms with Crippen LogP contribution in [0.3, 0.4) is 0 Å². The number of aromatic hydroxyl groups is 2. The second-order valence-corrected chi connectivity index (χ2v) is 12.3. The lowest BCUT2D eigenvalue weighted by atomic mass is 9.95. The fraction of sp³-hybridized carbons (Fsp3) is 0.368. The maximum absolute atomic E-state index is 14.2. The molecular weight excluding hydrogens is 676 g/mol. The molecule has 1 aliphatic rings. The maximum atomic E-state index is 14.2. The van der Waals surface area contributed by atoms with Gasteiger partial charge < -0.3 is 40.2 Å². The Balaban J connectivity index is 1.67. The van der Waals surface area contributed by atoms with Gasteiger partial charge in [0.05, 0.1) is 22.7 Å². The van der Waals surface area contributed by atoms with Crippen molar-refractivity contribution in [2.24, 2.45) is 0 Å². The summed E-state index contributed by atoms with van der Waals surface area (Å²) in [4.78, 5) is 78.2. The third-order valence-corrected chi connectivity index (χ3v) is 8.31. The minimum Gasteiger partial charge on any atom is -0.508 e. The number of rotatable bonds is 17. The number of carbonyl (C=O) groups excluding carboxylic acids is 5. The van der Waals surface area contributed by atoms with E-state index in [0.717, 1.165) is 37.5 Å². The van der Waals surface area contributed by atoms with E-state index in [9.17, 15) is 44.1 Å². The van der Waals surface area contributed by atoms with Crippen molar-refractivity contribution in [2.45, 2.75) is 77.4 Å². The number of hydrogen-bond acceptors (Lipinski definition) is 12. The predicted molar refractivity (Wildman–Crippen MR) is 186 cm³/mol. The molecule has 3 aromatic rings. The van der Waals surface area contributed by atoms with Crippen molar-refractivity contribution < 1.29 is 58.3 Å². The van der Waals surface area contributed by atoms with Crippen LogP contribution in [0.25, 0.3) is 0 Å². The molecule has 14 heteroatoms. The first-order valence-corrected chi connectivity index (χ1v) is 17.1. The zero-order valence-corrected chi connectivity index (χ0v) is 28.9. The van der Waals surface area contributed by atoms with Gasteiger partial charge in [0.1, 0.15) is 34.7 Å². The van der Waals surface area contributed by atoms with Gasteiger partial charge in [-0.2, -0.15) is 0 Å². The summed E-state index contributed by atoms with van der Waals surface area (Å²) in [5.41, 5.74) is -1.80. The van der Waals surface area contributed by atoms with Gasteiger partial charge in [-0.15, -0.1) is 0 Å². The monoisotopic (exact) mass is 718 g/mol. The quantitative estimate of drug-likeness (QED) is 0.0543. The van der Waals surface area contributed by atoms with E-state index in [1.165, 1.54) is 36.4 Å². The number of amides is 1. The maximum Gasteiger partial charge on any atom is 0.338 e. The normalized spacial score (nSPS) is 15.0. The number of hydrogen-bond donors (Lipinski definition) is 5. The van der Waals surface area contributed by atoms with E-state index in [0.29, 0.717) is 19.3 Å². The van der Waals surface area contributed by atoms with Crippen molar-refractivity contribution >= 4 is 35.6 Å². The van der Waals surface area contributed by atoms with Crippen LogP contribution in [0.1, 0.15) is 112 Å². The van der Waals surface area contributed by atoms with Gasteiger partial charge >= 0.3 is 23.9 Å². The molecule has 1 amide bonds. The smallest absolute Gasteiger partial charge is 0.338 e. The van der Waals surface area contributed by atoms with E-state index < -0.39 is 75.9 Å². The van der Waals surface area contributed by atoms with Gasteiger partial charge in [0, 0.05) is 31.5 Å². The number of ketones is 1. The molecule has 1 fully saturated rings. The van der Waals surface area contributed by atoms with Gasteiger partial charge in [-0.3, -0.25) is 19.2 Å². The highest BCUT2D eigenvalue weighted by atomic mass is 16.6. The number of esters is 3. The highest BCUT2D eigenvalue weighted by molar-refractivity contribution is 6.19. The number of carbonyl (C=O) groups is 6.